The fourth-order valence-electron chi connectivity index (χ4n) is 1.14. The van der Waals surface area contributed by atoms with Gasteiger partial charge in [-0.25, -0.2) is 0 Å². The lowest BCUT2D eigenvalue weighted by atomic mass is 10.2. The molecular weight excluding hydrogens is 249 g/mol. The summed E-state index contributed by atoms with van der Waals surface area (Å²) in [5, 5.41) is 0.806. The van der Waals surface area contributed by atoms with Crippen LogP contribution in [0.4, 0.5) is 0 Å². The van der Waals surface area contributed by atoms with Crippen molar-refractivity contribution in [1.29, 1.82) is 0 Å². The van der Waals surface area contributed by atoms with E-state index in [1.165, 1.54) is 5.56 Å². The van der Waals surface area contributed by atoms with Crippen LogP contribution >= 0.6 is 11.6 Å². The summed E-state index contributed by atoms with van der Waals surface area (Å²) in [7, 11) is 6.53. The van der Waals surface area contributed by atoms with Gasteiger partial charge in [0.1, 0.15) is 6.54 Å². The molecule has 0 saturated carbocycles. The highest BCUT2D eigenvalue weighted by molar-refractivity contribution is 6.30. The van der Waals surface area contributed by atoms with Crippen LogP contribution in [0.5, 0.6) is 0 Å². The number of hydrogen-bond acceptors (Lipinski definition) is 0. The second kappa shape index (κ2) is 4.99. The van der Waals surface area contributed by atoms with Crippen LogP contribution in [0.3, 0.4) is 0 Å². The van der Waals surface area contributed by atoms with E-state index in [-0.39, 0.29) is 17.0 Å². The molecular formula is C10H15BrClN. The van der Waals surface area contributed by atoms with Crippen molar-refractivity contribution < 1.29 is 21.5 Å². The molecule has 0 fully saturated rings. The highest BCUT2D eigenvalue weighted by Gasteiger charge is 2.07. The standard InChI is InChI=1S/C10H15ClN.BrH/c1-12(2,3)8-9-4-6-10(11)7-5-9;/h4-7H,8H2,1-3H3;1H/q+1;/p-1. The summed E-state index contributed by atoms with van der Waals surface area (Å²) in [5.74, 6) is 0. The van der Waals surface area contributed by atoms with Gasteiger partial charge in [-0.15, -0.1) is 0 Å². The van der Waals surface area contributed by atoms with Crippen molar-refractivity contribution in [3.05, 3.63) is 34.9 Å². The summed E-state index contributed by atoms with van der Waals surface area (Å²) in [5.41, 5.74) is 1.33. The molecule has 0 spiro atoms. The maximum atomic E-state index is 5.78. The first-order valence-electron chi connectivity index (χ1n) is 4.02. The second-order valence-electron chi connectivity index (χ2n) is 4.07. The fourth-order valence-corrected chi connectivity index (χ4v) is 1.26. The molecule has 1 nitrogen and oxygen atoms in total. The number of rotatable bonds is 2. The van der Waals surface area contributed by atoms with E-state index in [1.807, 2.05) is 12.1 Å². The van der Waals surface area contributed by atoms with Gasteiger partial charge in [-0.05, 0) is 12.1 Å². The zero-order chi connectivity index (χ0) is 9.19. The predicted molar refractivity (Wildman–Crippen MR) is 53.2 cm³/mol. The van der Waals surface area contributed by atoms with Crippen molar-refractivity contribution in [2.45, 2.75) is 6.54 Å². The molecule has 13 heavy (non-hydrogen) atoms. The van der Waals surface area contributed by atoms with Gasteiger partial charge >= 0.3 is 0 Å². The zero-order valence-electron chi connectivity index (χ0n) is 8.22. The van der Waals surface area contributed by atoms with E-state index in [1.54, 1.807) is 0 Å². The Labute approximate surface area is 95.7 Å². The molecule has 0 saturated heterocycles. The topological polar surface area (TPSA) is 0 Å². The summed E-state index contributed by atoms with van der Waals surface area (Å²) in [6.07, 6.45) is 0. The molecule has 1 aromatic rings. The van der Waals surface area contributed by atoms with Crippen molar-refractivity contribution in [3.8, 4) is 0 Å². The molecule has 0 N–H and O–H groups in total. The van der Waals surface area contributed by atoms with Crippen molar-refractivity contribution in [2.75, 3.05) is 21.1 Å². The summed E-state index contributed by atoms with van der Waals surface area (Å²) in [6.45, 7) is 1.04. The molecule has 0 amide bonds. The molecule has 0 aliphatic rings. The van der Waals surface area contributed by atoms with E-state index < -0.39 is 0 Å². The third-order valence-electron chi connectivity index (χ3n) is 1.57. The monoisotopic (exact) mass is 263 g/mol. The Balaban J connectivity index is 0.00000144. The molecule has 1 rings (SSSR count). The first kappa shape index (κ1) is 12.9. The van der Waals surface area contributed by atoms with Crippen LogP contribution in [0.2, 0.25) is 5.02 Å². The lowest BCUT2D eigenvalue weighted by Gasteiger charge is -2.23. The average molecular weight is 265 g/mol. The predicted octanol–water partition coefficient (Wildman–Crippen LogP) is -0.450. The maximum absolute atomic E-state index is 5.78. The Morgan fingerprint density at radius 3 is 1.92 bits per heavy atom. The van der Waals surface area contributed by atoms with Crippen molar-refractivity contribution >= 4 is 11.6 Å². The Bertz CT molecular complexity index is 251. The molecule has 0 aliphatic carbocycles. The van der Waals surface area contributed by atoms with Crippen LogP contribution in [-0.2, 0) is 6.54 Å². The average Bonchev–Trinajstić information content (AvgIpc) is 1.91. The molecule has 0 atom stereocenters. The van der Waals surface area contributed by atoms with Crippen LogP contribution in [0.1, 0.15) is 5.56 Å². The van der Waals surface area contributed by atoms with Gasteiger partial charge in [0.15, 0.2) is 0 Å². The summed E-state index contributed by atoms with van der Waals surface area (Å²) in [4.78, 5) is 0. The first-order chi connectivity index (χ1) is 5.47. The Hall–Kier alpha value is -0.0500. The third-order valence-corrected chi connectivity index (χ3v) is 1.82. The number of quaternary nitrogens is 1. The lowest BCUT2D eigenvalue weighted by molar-refractivity contribution is -0.884. The molecule has 0 unspecified atom stereocenters. The van der Waals surface area contributed by atoms with Gasteiger partial charge in [0.2, 0.25) is 0 Å². The van der Waals surface area contributed by atoms with Crippen molar-refractivity contribution in [3.63, 3.8) is 0 Å². The number of halogens is 2. The van der Waals surface area contributed by atoms with E-state index in [9.17, 15) is 0 Å². The van der Waals surface area contributed by atoms with Gasteiger partial charge in [0.05, 0.1) is 21.1 Å². The molecule has 0 heterocycles. The highest BCUT2D eigenvalue weighted by atomic mass is 79.9. The minimum Gasteiger partial charge on any atom is -1.00 e. The largest absolute Gasteiger partial charge is 1.00 e. The van der Waals surface area contributed by atoms with Crippen LogP contribution in [0.25, 0.3) is 0 Å². The van der Waals surface area contributed by atoms with Gasteiger partial charge in [0, 0.05) is 10.6 Å². The van der Waals surface area contributed by atoms with Crippen LogP contribution in [0, 0.1) is 0 Å². The smallest absolute Gasteiger partial charge is 0.104 e. The quantitative estimate of drug-likeness (QED) is 0.635. The van der Waals surface area contributed by atoms with E-state index >= 15 is 0 Å². The number of nitrogens with zero attached hydrogens (tertiary/aromatic N) is 1. The van der Waals surface area contributed by atoms with Gasteiger partial charge in [0.25, 0.3) is 0 Å². The van der Waals surface area contributed by atoms with Gasteiger partial charge < -0.3 is 21.5 Å². The molecule has 3 heteroatoms. The number of hydrogen-bond donors (Lipinski definition) is 0. The zero-order valence-corrected chi connectivity index (χ0v) is 10.6. The molecule has 74 valence electrons. The van der Waals surface area contributed by atoms with Crippen molar-refractivity contribution in [2.24, 2.45) is 0 Å². The molecule has 1 aromatic carbocycles. The molecule has 0 aromatic heterocycles. The van der Waals surface area contributed by atoms with Crippen LogP contribution in [0.15, 0.2) is 24.3 Å². The van der Waals surface area contributed by atoms with Gasteiger partial charge in [-0.2, -0.15) is 0 Å². The molecule has 0 bridgehead atoms. The van der Waals surface area contributed by atoms with E-state index in [0.29, 0.717) is 0 Å². The number of benzene rings is 1. The SMILES string of the molecule is C[N+](C)(C)Cc1ccc(Cl)cc1.[Br-]. The second-order valence-corrected chi connectivity index (χ2v) is 4.51. The Morgan fingerprint density at radius 1 is 1.08 bits per heavy atom. The van der Waals surface area contributed by atoms with Crippen molar-refractivity contribution in [1.82, 2.24) is 0 Å². The summed E-state index contributed by atoms with van der Waals surface area (Å²) in [6, 6.07) is 8.02. The fraction of sp³-hybridized carbons (Fsp3) is 0.400. The Morgan fingerprint density at radius 2 is 1.54 bits per heavy atom. The normalized spacial score (nSPS) is 10.8. The lowest BCUT2D eigenvalue weighted by Crippen LogP contribution is -3.00. The molecule has 0 radical (unpaired) electrons. The van der Waals surface area contributed by atoms with E-state index in [4.69, 9.17) is 11.6 Å². The minimum atomic E-state index is 0. The van der Waals surface area contributed by atoms with Crippen LogP contribution in [-0.4, -0.2) is 25.6 Å². The Kier molecular flexibility index (Phi) is 4.97. The van der Waals surface area contributed by atoms with Gasteiger partial charge in [-0.1, -0.05) is 23.7 Å². The summed E-state index contributed by atoms with van der Waals surface area (Å²) < 4.78 is 0.946. The first-order valence-corrected chi connectivity index (χ1v) is 4.40. The van der Waals surface area contributed by atoms with E-state index in [0.717, 1.165) is 16.1 Å². The maximum Gasteiger partial charge on any atom is 0.104 e. The highest BCUT2D eigenvalue weighted by Crippen LogP contribution is 2.12. The van der Waals surface area contributed by atoms with Gasteiger partial charge in [-0.3, -0.25) is 0 Å². The summed E-state index contributed by atoms with van der Waals surface area (Å²) >= 11 is 5.78. The van der Waals surface area contributed by atoms with E-state index in [2.05, 4.69) is 33.3 Å². The molecule has 0 aliphatic heterocycles. The third kappa shape index (κ3) is 5.29. The van der Waals surface area contributed by atoms with Crippen LogP contribution < -0.4 is 17.0 Å². The minimum absolute atomic E-state index is 0.